The Kier molecular flexibility index (Phi) is 11.2. The van der Waals surface area contributed by atoms with Crippen molar-refractivity contribution >= 4 is 20.0 Å². The van der Waals surface area contributed by atoms with Gasteiger partial charge in [0.1, 0.15) is 0 Å². The molecule has 0 unspecified atom stereocenters. The summed E-state index contributed by atoms with van der Waals surface area (Å²) in [5, 5.41) is -0.310. The molecule has 2 saturated carbocycles. The minimum Gasteiger partial charge on any atom is -0.303 e. The molecule has 4 rings (SSSR count). The average molecular weight is 596 g/mol. The highest BCUT2D eigenvalue weighted by Crippen LogP contribution is 2.31. The van der Waals surface area contributed by atoms with Gasteiger partial charge in [0.05, 0.1) is 10.1 Å². The zero-order valence-corrected chi connectivity index (χ0v) is 26.8. The van der Waals surface area contributed by atoms with Gasteiger partial charge in [0.2, 0.25) is 20.0 Å². The second kappa shape index (κ2) is 14.0. The Morgan fingerprint density at radius 3 is 1.82 bits per heavy atom. The molecule has 0 atom stereocenters. The van der Waals surface area contributed by atoms with Crippen LogP contribution in [0.25, 0.3) is 0 Å². The molecular formula is C31H53N3O4S2. The van der Waals surface area contributed by atoms with Crippen molar-refractivity contribution in [3.63, 3.8) is 0 Å². The lowest BCUT2D eigenvalue weighted by molar-refractivity contribution is 0.161. The number of sulfonamides is 2. The molecule has 0 radical (unpaired) electrons. The van der Waals surface area contributed by atoms with E-state index in [2.05, 4.69) is 4.90 Å². The maximum absolute atomic E-state index is 14.0. The van der Waals surface area contributed by atoms with Gasteiger partial charge in [-0.3, -0.25) is 0 Å². The van der Waals surface area contributed by atoms with Gasteiger partial charge < -0.3 is 4.90 Å². The fourth-order valence-electron chi connectivity index (χ4n) is 6.99. The largest absolute Gasteiger partial charge is 0.303 e. The molecule has 3 fully saturated rings. The van der Waals surface area contributed by atoms with E-state index in [-0.39, 0.29) is 5.25 Å². The number of benzene rings is 1. The maximum atomic E-state index is 14.0. The molecule has 2 aliphatic carbocycles. The Hall–Kier alpha value is -1.00. The van der Waals surface area contributed by atoms with Gasteiger partial charge in [-0.2, -0.15) is 4.31 Å². The summed E-state index contributed by atoms with van der Waals surface area (Å²) in [5.74, 6) is 0.690. The van der Waals surface area contributed by atoms with Crippen molar-refractivity contribution in [1.82, 2.24) is 13.5 Å². The highest BCUT2D eigenvalue weighted by Gasteiger charge is 2.38. The fraction of sp³-hybridized carbons (Fsp3) is 0.806. The van der Waals surface area contributed by atoms with Crippen molar-refractivity contribution < 1.29 is 16.8 Å². The Balaban J connectivity index is 1.60. The second-order valence-electron chi connectivity index (χ2n) is 13.5. The minimum absolute atomic E-state index is 0.294. The maximum Gasteiger partial charge on any atom is 0.243 e. The SMILES string of the molecule is Cc1ccc(S(=O)(=O)N2CCCN(CC3CCCCC3)CCCN(S(=O)(=O)C3CCCCC3)CC(C)(C)C2)cc1. The van der Waals surface area contributed by atoms with Gasteiger partial charge >= 0.3 is 0 Å². The van der Waals surface area contributed by atoms with Crippen LogP contribution >= 0.6 is 0 Å². The first-order chi connectivity index (χ1) is 19.0. The van der Waals surface area contributed by atoms with E-state index in [4.69, 9.17) is 0 Å². The fourth-order valence-corrected chi connectivity index (χ4v) is 10.9. The van der Waals surface area contributed by atoms with E-state index in [1.165, 1.54) is 32.1 Å². The van der Waals surface area contributed by atoms with Crippen LogP contribution in [0.15, 0.2) is 29.2 Å². The van der Waals surface area contributed by atoms with Crippen LogP contribution in [0.4, 0.5) is 0 Å². The number of aryl methyl sites for hydroxylation is 1. The molecule has 1 heterocycles. The van der Waals surface area contributed by atoms with E-state index in [9.17, 15) is 16.8 Å². The molecule has 0 aromatic heterocycles. The molecule has 1 saturated heterocycles. The molecule has 0 N–H and O–H groups in total. The Morgan fingerprint density at radius 1 is 0.700 bits per heavy atom. The van der Waals surface area contributed by atoms with Crippen LogP contribution in [0, 0.1) is 18.3 Å². The summed E-state index contributed by atoms with van der Waals surface area (Å²) in [6.45, 7) is 10.3. The van der Waals surface area contributed by atoms with Gasteiger partial charge in [0.15, 0.2) is 0 Å². The molecule has 3 aliphatic rings. The zero-order valence-electron chi connectivity index (χ0n) is 25.2. The lowest BCUT2D eigenvalue weighted by Gasteiger charge is -2.39. The standard InChI is InChI=1S/C31H53N3O4S2/c1-27-16-18-30(19-17-27)40(37,38)34-23-11-21-32(24-28-12-6-4-7-13-28)20-10-22-33(25-31(2,3)26-34)39(35,36)29-14-8-5-9-15-29/h16-19,28-29H,4-15,20-26H2,1-3H3. The van der Waals surface area contributed by atoms with Crippen LogP contribution in [-0.2, 0) is 20.0 Å². The van der Waals surface area contributed by atoms with Gasteiger partial charge in [0, 0.05) is 32.7 Å². The number of hydrogen-bond acceptors (Lipinski definition) is 5. The molecule has 9 heteroatoms. The first-order valence-corrected chi connectivity index (χ1v) is 18.7. The molecule has 228 valence electrons. The summed E-state index contributed by atoms with van der Waals surface area (Å²) in [6.07, 6.45) is 12.6. The predicted octanol–water partition coefficient (Wildman–Crippen LogP) is 5.65. The summed E-state index contributed by atoms with van der Waals surface area (Å²) in [6, 6.07) is 7.09. The number of hydrogen-bond donors (Lipinski definition) is 0. The first-order valence-electron chi connectivity index (χ1n) is 15.8. The highest BCUT2D eigenvalue weighted by molar-refractivity contribution is 7.89. The quantitative estimate of drug-likeness (QED) is 0.425. The van der Waals surface area contributed by atoms with Crippen LogP contribution in [0.5, 0.6) is 0 Å². The van der Waals surface area contributed by atoms with Crippen molar-refractivity contribution in [1.29, 1.82) is 0 Å². The topological polar surface area (TPSA) is 78.0 Å². The van der Waals surface area contributed by atoms with Crippen molar-refractivity contribution in [2.75, 3.05) is 45.8 Å². The van der Waals surface area contributed by atoms with Crippen LogP contribution in [0.2, 0.25) is 0 Å². The van der Waals surface area contributed by atoms with Crippen molar-refractivity contribution in [2.24, 2.45) is 11.3 Å². The highest BCUT2D eigenvalue weighted by atomic mass is 32.2. The van der Waals surface area contributed by atoms with Crippen LogP contribution in [0.1, 0.15) is 96.5 Å². The molecular weight excluding hydrogens is 542 g/mol. The monoisotopic (exact) mass is 595 g/mol. The van der Waals surface area contributed by atoms with Crippen molar-refractivity contribution in [3.8, 4) is 0 Å². The Labute approximate surface area is 244 Å². The summed E-state index contributed by atoms with van der Waals surface area (Å²) in [4.78, 5) is 2.80. The van der Waals surface area contributed by atoms with Crippen LogP contribution < -0.4 is 0 Å². The van der Waals surface area contributed by atoms with Gasteiger partial charge in [-0.25, -0.2) is 21.1 Å². The van der Waals surface area contributed by atoms with Crippen LogP contribution in [-0.4, -0.2) is 81.4 Å². The minimum atomic E-state index is -3.71. The lowest BCUT2D eigenvalue weighted by atomic mass is 9.89. The summed E-state index contributed by atoms with van der Waals surface area (Å²) < 4.78 is 59.1. The third-order valence-electron chi connectivity index (χ3n) is 9.21. The predicted molar refractivity (Wildman–Crippen MR) is 163 cm³/mol. The molecule has 0 bridgehead atoms. The van der Waals surface area contributed by atoms with Gasteiger partial charge in [-0.1, -0.05) is 70.1 Å². The summed E-state index contributed by atoms with van der Waals surface area (Å²) >= 11 is 0. The zero-order chi connectivity index (χ0) is 28.8. The van der Waals surface area contributed by atoms with Gasteiger partial charge in [-0.05, 0) is 82.0 Å². The summed E-state index contributed by atoms with van der Waals surface area (Å²) in [5.41, 5.74) is 0.496. The van der Waals surface area contributed by atoms with Crippen LogP contribution in [0.3, 0.4) is 0 Å². The molecule has 0 amide bonds. The van der Waals surface area contributed by atoms with Crippen molar-refractivity contribution in [2.45, 2.75) is 108 Å². The third kappa shape index (κ3) is 8.52. The molecule has 7 nitrogen and oxygen atoms in total. The van der Waals surface area contributed by atoms with E-state index in [0.717, 1.165) is 70.1 Å². The van der Waals surface area contributed by atoms with E-state index in [1.807, 2.05) is 32.9 Å². The first kappa shape index (κ1) is 31.9. The van der Waals surface area contributed by atoms with Gasteiger partial charge in [0.25, 0.3) is 0 Å². The summed E-state index contributed by atoms with van der Waals surface area (Å²) in [7, 11) is -7.16. The van der Waals surface area contributed by atoms with E-state index in [1.54, 1.807) is 20.7 Å². The number of rotatable bonds is 6. The third-order valence-corrected chi connectivity index (χ3v) is 13.4. The van der Waals surface area contributed by atoms with Crippen molar-refractivity contribution in [3.05, 3.63) is 29.8 Å². The normalized spacial score (nSPS) is 24.8. The Bertz CT molecular complexity index is 1140. The Morgan fingerprint density at radius 2 is 1.23 bits per heavy atom. The molecule has 40 heavy (non-hydrogen) atoms. The number of nitrogens with zero attached hydrogens (tertiary/aromatic N) is 3. The molecule has 0 spiro atoms. The average Bonchev–Trinajstić information content (AvgIpc) is 2.92. The van der Waals surface area contributed by atoms with E-state index >= 15 is 0 Å². The second-order valence-corrected chi connectivity index (χ2v) is 17.6. The molecule has 1 aliphatic heterocycles. The lowest BCUT2D eigenvalue weighted by Crippen LogP contribution is -2.50. The molecule has 1 aromatic carbocycles. The molecule has 1 aromatic rings. The smallest absolute Gasteiger partial charge is 0.243 e. The van der Waals surface area contributed by atoms with E-state index in [0.29, 0.717) is 37.0 Å². The van der Waals surface area contributed by atoms with E-state index < -0.39 is 25.5 Å². The van der Waals surface area contributed by atoms with Gasteiger partial charge in [-0.15, -0.1) is 0 Å².